The molecule has 7 nitrogen and oxygen atoms in total. The number of amides is 1. The average Bonchev–Trinajstić information content (AvgIpc) is 3.16. The summed E-state index contributed by atoms with van der Waals surface area (Å²) >= 11 is 0. The highest BCUT2D eigenvalue weighted by molar-refractivity contribution is 14.0. The Morgan fingerprint density at radius 2 is 2.15 bits per heavy atom. The lowest BCUT2D eigenvalue weighted by atomic mass is 10.1. The number of furan rings is 1. The van der Waals surface area contributed by atoms with E-state index in [2.05, 4.69) is 27.8 Å². The molecule has 0 aromatic carbocycles. The van der Waals surface area contributed by atoms with Crippen molar-refractivity contribution in [3.63, 3.8) is 0 Å². The van der Waals surface area contributed by atoms with Crippen molar-refractivity contribution < 1.29 is 9.21 Å². The van der Waals surface area contributed by atoms with E-state index < -0.39 is 0 Å². The molecule has 0 atom stereocenters. The zero-order chi connectivity index (χ0) is 18.6. The molecule has 1 aromatic heterocycles. The van der Waals surface area contributed by atoms with Gasteiger partial charge in [-0.3, -0.25) is 14.7 Å². The molecule has 8 heteroatoms. The van der Waals surface area contributed by atoms with Crippen molar-refractivity contribution in [2.75, 3.05) is 39.8 Å². The number of hydrogen-bond donors (Lipinski definition) is 3. The molecular weight excluding hydrogens is 457 g/mol. The average molecular weight is 491 g/mol. The number of unbranched alkanes of at least 4 members (excludes halogenated alkanes) is 1. The number of guanidine groups is 1. The van der Waals surface area contributed by atoms with Gasteiger partial charge >= 0.3 is 0 Å². The van der Waals surface area contributed by atoms with E-state index in [1.165, 1.54) is 0 Å². The molecule has 3 N–H and O–H groups in total. The van der Waals surface area contributed by atoms with E-state index >= 15 is 0 Å². The van der Waals surface area contributed by atoms with Crippen LogP contribution in [0.15, 0.2) is 27.8 Å². The number of carbonyl (C=O) groups is 1. The van der Waals surface area contributed by atoms with E-state index in [1.54, 1.807) is 13.3 Å². The van der Waals surface area contributed by atoms with Gasteiger partial charge in [-0.1, -0.05) is 13.3 Å². The second-order valence-electron chi connectivity index (χ2n) is 6.71. The maximum atomic E-state index is 11.5. The third-order valence-electron chi connectivity index (χ3n) is 4.60. The van der Waals surface area contributed by atoms with E-state index in [4.69, 9.17) is 9.41 Å². The van der Waals surface area contributed by atoms with Crippen molar-refractivity contribution >= 4 is 35.8 Å². The van der Waals surface area contributed by atoms with Crippen molar-refractivity contribution in [1.29, 1.82) is 0 Å². The van der Waals surface area contributed by atoms with Crippen LogP contribution in [0.1, 0.15) is 38.4 Å². The highest BCUT2D eigenvalue weighted by atomic mass is 127. The number of halogens is 1. The summed E-state index contributed by atoms with van der Waals surface area (Å²) < 4.78 is 5.38. The van der Waals surface area contributed by atoms with Gasteiger partial charge in [-0.05, 0) is 31.4 Å². The largest absolute Gasteiger partial charge is 0.469 e. The van der Waals surface area contributed by atoms with Crippen LogP contribution < -0.4 is 16.0 Å². The van der Waals surface area contributed by atoms with Crippen LogP contribution >= 0.6 is 24.0 Å². The fourth-order valence-corrected chi connectivity index (χ4v) is 2.97. The zero-order valence-corrected chi connectivity index (χ0v) is 18.8. The van der Waals surface area contributed by atoms with E-state index in [-0.39, 0.29) is 29.9 Å². The third kappa shape index (κ3) is 9.46. The summed E-state index contributed by atoms with van der Waals surface area (Å²) in [6, 6.07) is 4.30. The first kappa shape index (κ1) is 23.7. The van der Waals surface area contributed by atoms with E-state index in [1.807, 2.05) is 12.1 Å². The number of likely N-dealkylation sites (tertiary alicyclic amines) is 1. The fraction of sp³-hybridized carbons (Fsp3) is 0.684. The lowest BCUT2D eigenvalue weighted by molar-refractivity contribution is -0.122. The highest BCUT2D eigenvalue weighted by Crippen LogP contribution is 2.10. The Kier molecular flexibility index (Phi) is 12.2. The Morgan fingerprint density at radius 3 is 2.78 bits per heavy atom. The Balaban J connectivity index is 0.00000364. The molecule has 1 aliphatic heterocycles. The van der Waals surface area contributed by atoms with Gasteiger partial charge in [-0.2, -0.15) is 0 Å². The standard InChI is InChI=1S/C19H33N5O2.HI/c1-3-4-10-21-19(22-11-7-17-6-5-14-26-17)23-16-8-12-24(13-9-16)15-18(25)20-2;/h5-6,14,16H,3-4,7-13,15H2,1-2H3,(H,20,25)(H2,21,22,23);1H. The molecule has 1 fully saturated rings. The molecule has 0 unspecified atom stereocenters. The van der Waals surface area contributed by atoms with Crippen LogP contribution in [0.5, 0.6) is 0 Å². The second kappa shape index (κ2) is 13.8. The Morgan fingerprint density at radius 1 is 1.37 bits per heavy atom. The third-order valence-corrected chi connectivity index (χ3v) is 4.60. The topological polar surface area (TPSA) is 81.9 Å². The minimum atomic E-state index is 0. The van der Waals surface area contributed by atoms with Crippen LogP contribution in [0.25, 0.3) is 0 Å². The summed E-state index contributed by atoms with van der Waals surface area (Å²) in [7, 11) is 1.68. The van der Waals surface area contributed by atoms with Crippen LogP contribution in [0.2, 0.25) is 0 Å². The molecule has 2 rings (SSSR count). The summed E-state index contributed by atoms with van der Waals surface area (Å²) in [5.41, 5.74) is 0. The minimum absolute atomic E-state index is 0. The predicted molar refractivity (Wildman–Crippen MR) is 120 cm³/mol. The molecule has 0 bridgehead atoms. The summed E-state index contributed by atoms with van der Waals surface area (Å²) in [4.78, 5) is 18.4. The molecule has 1 amide bonds. The van der Waals surface area contributed by atoms with Crippen LogP contribution in [0.4, 0.5) is 0 Å². The summed E-state index contributed by atoms with van der Waals surface area (Å²) in [5.74, 6) is 1.94. The lowest BCUT2D eigenvalue weighted by Crippen LogP contribution is -2.50. The maximum absolute atomic E-state index is 11.5. The number of likely N-dealkylation sites (N-methyl/N-ethyl adjacent to an activating group) is 1. The normalized spacial score (nSPS) is 15.9. The molecule has 0 aliphatic carbocycles. The highest BCUT2D eigenvalue weighted by Gasteiger charge is 2.21. The number of carbonyl (C=O) groups excluding carboxylic acids is 1. The first-order valence-electron chi connectivity index (χ1n) is 9.71. The SMILES string of the molecule is CCCCN=C(NCCc1ccco1)NC1CCN(CC(=O)NC)CC1.I. The monoisotopic (exact) mass is 491 g/mol. The minimum Gasteiger partial charge on any atom is -0.469 e. The number of aliphatic imine (C=N–C) groups is 1. The summed E-state index contributed by atoms with van der Waals surface area (Å²) in [6.45, 7) is 6.15. The van der Waals surface area contributed by atoms with Crippen molar-refractivity contribution in [1.82, 2.24) is 20.9 Å². The summed E-state index contributed by atoms with van der Waals surface area (Å²) in [5, 5.41) is 9.67. The van der Waals surface area contributed by atoms with Gasteiger partial charge in [-0.15, -0.1) is 24.0 Å². The zero-order valence-electron chi connectivity index (χ0n) is 16.5. The Hall–Kier alpha value is -1.29. The number of hydrogen-bond acceptors (Lipinski definition) is 4. The van der Waals surface area contributed by atoms with E-state index in [0.29, 0.717) is 12.6 Å². The van der Waals surface area contributed by atoms with Crippen LogP contribution in [-0.4, -0.2) is 62.6 Å². The number of rotatable bonds is 9. The van der Waals surface area contributed by atoms with Crippen molar-refractivity contribution in [2.45, 2.75) is 45.1 Å². The smallest absolute Gasteiger partial charge is 0.233 e. The van der Waals surface area contributed by atoms with Crippen LogP contribution in [0, 0.1) is 0 Å². The van der Waals surface area contributed by atoms with Crippen molar-refractivity contribution in [3.8, 4) is 0 Å². The molecule has 154 valence electrons. The van der Waals surface area contributed by atoms with Crippen molar-refractivity contribution in [2.24, 2.45) is 4.99 Å². The molecule has 0 saturated carbocycles. The van der Waals surface area contributed by atoms with Crippen molar-refractivity contribution in [3.05, 3.63) is 24.2 Å². The van der Waals surface area contributed by atoms with Gasteiger partial charge in [-0.25, -0.2) is 0 Å². The van der Waals surface area contributed by atoms with Crippen LogP contribution in [-0.2, 0) is 11.2 Å². The molecule has 1 aromatic rings. The molecule has 1 saturated heterocycles. The first-order chi connectivity index (χ1) is 12.7. The van der Waals surface area contributed by atoms with E-state index in [0.717, 1.165) is 70.0 Å². The summed E-state index contributed by atoms with van der Waals surface area (Å²) in [6.07, 6.45) is 6.81. The number of nitrogens with one attached hydrogen (secondary N) is 3. The Labute approximate surface area is 179 Å². The lowest BCUT2D eigenvalue weighted by Gasteiger charge is -2.32. The molecule has 2 heterocycles. The van der Waals surface area contributed by atoms with Gasteiger partial charge < -0.3 is 20.4 Å². The van der Waals surface area contributed by atoms with Gasteiger partial charge in [0.05, 0.1) is 12.8 Å². The molecular formula is C19H34IN5O2. The van der Waals surface area contributed by atoms with Gasteiger partial charge in [0.1, 0.15) is 5.76 Å². The van der Waals surface area contributed by atoms with E-state index in [9.17, 15) is 4.79 Å². The fourth-order valence-electron chi connectivity index (χ4n) is 2.97. The van der Waals surface area contributed by atoms with Gasteiger partial charge in [0.2, 0.25) is 5.91 Å². The van der Waals surface area contributed by atoms with Gasteiger partial charge in [0.25, 0.3) is 0 Å². The quantitative estimate of drug-likeness (QED) is 0.213. The number of nitrogens with zero attached hydrogens (tertiary/aromatic N) is 2. The molecule has 0 radical (unpaired) electrons. The molecule has 27 heavy (non-hydrogen) atoms. The first-order valence-corrected chi connectivity index (χ1v) is 9.71. The second-order valence-corrected chi connectivity index (χ2v) is 6.71. The van der Waals surface area contributed by atoms with Crippen LogP contribution in [0.3, 0.4) is 0 Å². The Bertz CT molecular complexity index is 542. The predicted octanol–water partition coefficient (Wildman–Crippen LogP) is 1.99. The van der Waals surface area contributed by atoms with Gasteiger partial charge in [0.15, 0.2) is 5.96 Å². The molecule has 0 spiro atoms. The van der Waals surface area contributed by atoms with Gasteiger partial charge in [0, 0.05) is 45.7 Å². The maximum Gasteiger partial charge on any atom is 0.233 e. The molecule has 1 aliphatic rings. The number of piperidine rings is 1.